The number of aromatic nitrogens is 3. The van der Waals surface area contributed by atoms with Crippen molar-refractivity contribution in [2.75, 3.05) is 17.7 Å². The quantitative estimate of drug-likeness (QED) is 0.272. The van der Waals surface area contributed by atoms with Crippen LogP contribution in [-0.4, -0.2) is 39.4 Å². The zero-order valence-electron chi connectivity index (χ0n) is 17.7. The number of amides is 1. The molecule has 8 nitrogen and oxygen atoms in total. The minimum absolute atomic E-state index is 0.0187. The third-order valence-electron chi connectivity index (χ3n) is 4.47. The van der Waals surface area contributed by atoms with Crippen LogP contribution in [0.25, 0.3) is 11.3 Å². The van der Waals surface area contributed by atoms with Crippen molar-refractivity contribution < 1.29 is 14.3 Å². The van der Waals surface area contributed by atoms with E-state index in [0.29, 0.717) is 23.4 Å². The summed E-state index contributed by atoms with van der Waals surface area (Å²) in [5.41, 5.74) is 1.16. The van der Waals surface area contributed by atoms with E-state index >= 15 is 0 Å². The summed E-state index contributed by atoms with van der Waals surface area (Å²) in [4.78, 5) is 39.7. The molecule has 1 amide bonds. The number of thioether (sulfide) groups is 1. The number of unbranched alkanes of at least 4 members (excludes halogenated alkanes) is 2. The molecule has 0 bridgehead atoms. The Kier molecular flexibility index (Phi) is 8.56. The van der Waals surface area contributed by atoms with Gasteiger partial charge in [0, 0.05) is 5.56 Å². The number of carbonyl (C=O) groups excluding carboxylic acids is 2. The maximum Gasteiger partial charge on any atom is 0.340 e. The van der Waals surface area contributed by atoms with Crippen molar-refractivity contribution in [3.8, 4) is 11.3 Å². The Bertz CT molecular complexity index is 1120. The summed E-state index contributed by atoms with van der Waals surface area (Å²) in [5, 5.41) is 10.9. The molecule has 1 heterocycles. The van der Waals surface area contributed by atoms with Crippen LogP contribution in [0.2, 0.25) is 0 Å². The molecule has 1 aromatic heterocycles. The normalized spacial score (nSPS) is 10.5. The number of hydrogen-bond acceptors (Lipinski definition) is 7. The van der Waals surface area contributed by atoms with Gasteiger partial charge in [-0.1, -0.05) is 74.0 Å². The van der Waals surface area contributed by atoms with E-state index in [2.05, 4.69) is 27.4 Å². The van der Waals surface area contributed by atoms with Gasteiger partial charge >= 0.3 is 5.97 Å². The molecule has 0 saturated heterocycles. The van der Waals surface area contributed by atoms with Gasteiger partial charge in [0.1, 0.15) is 0 Å². The molecule has 0 aliphatic rings. The van der Waals surface area contributed by atoms with Gasteiger partial charge in [0.2, 0.25) is 5.91 Å². The van der Waals surface area contributed by atoms with E-state index in [9.17, 15) is 14.4 Å². The molecule has 166 valence electrons. The average Bonchev–Trinajstić information content (AvgIpc) is 2.81. The van der Waals surface area contributed by atoms with Crippen molar-refractivity contribution in [1.29, 1.82) is 0 Å². The third-order valence-corrected chi connectivity index (χ3v) is 5.33. The van der Waals surface area contributed by atoms with Crippen LogP contribution in [0.15, 0.2) is 64.5 Å². The van der Waals surface area contributed by atoms with Gasteiger partial charge in [0.15, 0.2) is 10.9 Å². The first-order valence-corrected chi connectivity index (χ1v) is 11.3. The molecule has 2 N–H and O–H groups in total. The van der Waals surface area contributed by atoms with Crippen LogP contribution in [0.3, 0.4) is 0 Å². The highest BCUT2D eigenvalue weighted by Gasteiger charge is 2.15. The smallest absolute Gasteiger partial charge is 0.340 e. The highest BCUT2D eigenvalue weighted by molar-refractivity contribution is 7.99. The van der Waals surface area contributed by atoms with Gasteiger partial charge in [0.05, 0.1) is 23.6 Å². The number of ether oxygens (including phenoxy) is 1. The number of H-pyrrole nitrogens is 1. The van der Waals surface area contributed by atoms with E-state index in [1.54, 1.807) is 36.4 Å². The number of nitrogens with zero attached hydrogens (tertiary/aromatic N) is 2. The third kappa shape index (κ3) is 6.52. The van der Waals surface area contributed by atoms with Gasteiger partial charge in [-0.15, -0.1) is 10.2 Å². The summed E-state index contributed by atoms with van der Waals surface area (Å²) in [6.45, 7) is 2.42. The molecule has 0 atom stereocenters. The van der Waals surface area contributed by atoms with Gasteiger partial charge < -0.3 is 10.1 Å². The topological polar surface area (TPSA) is 114 Å². The van der Waals surface area contributed by atoms with Crippen LogP contribution in [0.4, 0.5) is 5.69 Å². The molecule has 32 heavy (non-hydrogen) atoms. The molecular formula is C23H24N4O4S. The van der Waals surface area contributed by atoms with Gasteiger partial charge in [-0.05, 0) is 18.6 Å². The number of esters is 1. The SMILES string of the molecule is CCCCCOC(=O)c1ccccc1NC(=O)CSc1nnc(-c2ccccc2)c(=O)[nH]1. The zero-order chi connectivity index (χ0) is 22.8. The van der Waals surface area contributed by atoms with Crippen molar-refractivity contribution in [3.05, 3.63) is 70.5 Å². The van der Waals surface area contributed by atoms with Gasteiger partial charge in [0.25, 0.3) is 5.56 Å². The van der Waals surface area contributed by atoms with Crippen LogP contribution < -0.4 is 10.9 Å². The maximum absolute atomic E-state index is 12.4. The first-order chi connectivity index (χ1) is 15.6. The lowest BCUT2D eigenvalue weighted by molar-refractivity contribution is -0.113. The second kappa shape index (κ2) is 11.8. The highest BCUT2D eigenvalue weighted by Crippen LogP contribution is 2.18. The molecule has 0 fully saturated rings. The summed E-state index contributed by atoms with van der Waals surface area (Å²) in [5.74, 6) is -0.845. The Morgan fingerprint density at radius 3 is 2.53 bits per heavy atom. The first kappa shape index (κ1) is 23.2. The number of anilines is 1. The molecule has 0 aliphatic carbocycles. The maximum atomic E-state index is 12.4. The van der Waals surface area contributed by atoms with E-state index in [-0.39, 0.29) is 28.1 Å². The number of carbonyl (C=O) groups is 2. The molecule has 0 aliphatic heterocycles. The fourth-order valence-corrected chi connectivity index (χ4v) is 3.46. The van der Waals surface area contributed by atoms with E-state index in [0.717, 1.165) is 31.0 Å². The van der Waals surface area contributed by atoms with Crippen molar-refractivity contribution in [2.45, 2.75) is 31.3 Å². The van der Waals surface area contributed by atoms with E-state index in [4.69, 9.17) is 4.74 Å². The Morgan fingerprint density at radius 1 is 1.03 bits per heavy atom. The largest absolute Gasteiger partial charge is 0.462 e. The van der Waals surface area contributed by atoms with E-state index in [1.807, 2.05) is 18.2 Å². The second-order valence-electron chi connectivity index (χ2n) is 6.90. The molecule has 0 unspecified atom stereocenters. The first-order valence-electron chi connectivity index (χ1n) is 10.3. The number of para-hydroxylation sites is 1. The molecule has 9 heteroatoms. The molecule has 3 aromatic rings. The van der Waals surface area contributed by atoms with Crippen LogP contribution in [-0.2, 0) is 9.53 Å². The number of benzene rings is 2. The van der Waals surface area contributed by atoms with E-state index in [1.165, 1.54) is 0 Å². The molecule has 3 rings (SSSR count). The van der Waals surface area contributed by atoms with E-state index < -0.39 is 5.97 Å². The predicted molar refractivity (Wildman–Crippen MR) is 124 cm³/mol. The zero-order valence-corrected chi connectivity index (χ0v) is 18.5. The molecule has 0 saturated carbocycles. The molecule has 2 aromatic carbocycles. The fraction of sp³-hybridized carbons (Fsp3) is 0.261. The number of nitrogens with one attached hydrogen (secondary N) is 2. The summed E-state index contributed by atoms with van der Waals surface area (Å²) in [7, 11) is 0. The van der Waals surface area contributed by atoms with Crippen LogP contribution >= 0.6 is 11.8 Å². The summed E-state index contributed by atoms with van der Waals surface area (Å²) >= 11 is 1.04. The van der Waals surface area contributed by atoms with Crippen LogP contribution in [0, 0.1) is 0 Å². The summed E-state index contributed by atoms with van der Waals surface area (Å²) < 4.78 is 5.29. The van der Waals surface area contributed by atoms with Crippen molar-refractivity contribution in [3.63, 3.8) is 0 Å². The Morgan fingerprint density at radius 2 is 1.78 bits per heavy atom. The number of aromatic amines is 1. The molecule has 0 radical (unpaired) electrons. The van der Waals surface area contributed by atoms with Crippen molar-refractivity contribution in [1.82, 2.24) is 15.2 Å². The van der Waals surface area contributed by atoms with Crippen molar-refractivity contribution >= 4 is 29.3 Å². The second-order valence-corrected chi connectivity index (χ2v) is 7.86. The highest BCUT2D eigenvalue weighted by atomic mass is 32.2. The average molecular weight is 453 g/mol. The summed E-state index contributed by atoms with van der Waals surface area (Å²) in [6, 6.07) is 15.7. The van der Waals surface area contributed by atoms with Gasteiger partial charge in [-0.25, -0.2) is 4.79 Å². The standard InChI is InChI=1S/C23H24N4O4S/c1-2-3-9-14-31-22(30)17-12-7-8-13-18(17)24-19(28)15-32-23-25-21(29)20(26-27-23)16-10-5-4-6-11-16/h4-8,10-13H,2-3,9,14-15H2,1H3,(H,24,28)(H,25,27,29). The monoisotopic (exact) mass is 452 g/mol. The lowest BCUT2D eigenvalue weighted by atomic mass is 10.2. The number of hydrogen-bond donors (Lipinski definition) is 2. The number of rotatable bonds is 10. The lowest BCUT2D eigenvalue weighted by Gasteiger charge is -2.11. The van der Waals surface area contributed by atoms with Crippen LogP contribution in [0.1, 0.15) is 36.5 Å². The van der Waals surface area contributed by atoms with Crippen LogP contribution in [0.5, 0.6) is 0 Å². The minimum atomic E-state index is -0.476. The Hall–Kier alpha value is -3.46. The molecular weight excluding hydrogens is 428 g/mol. The lowest BCUT2D eigenvalue weighted by Crippen LogP contribution is -2.19. The predicted octanol–water partition coefficient (Wildman–Crippen LogP) is 3.91. The van der Waals surface area contributed by atoms with Gasteiger partial charge in [-0.2, -0.15) is 0 Å². The van der Waals surface area contributed by atoms with Gasteiger partial charge in [-0.3, -0.25) is 14.6 Å². The molecule has 0 spiro atoms. The summed E-state index contributed by atoms with van der Waals surface area (Å²) in [6.07, 6.45) is 2.82. The minimum Gasteiger partial charge on any atom is -0.462 e. The van der Waals surface area contributed by atoms with Crippen molar-refractivity contribution in [2.24, 2.45) is 0 Å². The Balaban J connectivity index is 1.58. The fourth-order valence-electron chi connectivity index (χ4n) is 2.86. The Labute approximate surface area is 189 Å².